The number of nitrogens with one attached hydrogen (secondary N) is 1. The molecule has 0 aromatic heterocycles. The Bertz CT molecular complexity index is 433. The lowest BCUT2D eigenvalue weighted by molar-refractivity contribution is -0.117. The van der Waals surface area contributed by atoms with Gasteiger partial charge in [0.25, 0.3) is 0 Å². The van der Waals surface area contributed by atoms with Gasteiger partial charge < -0.3 is 19.7 Å². The quantitative estimate of drug-likeness (QED) is 0.851. The molecule has 5 nitrogen and oxygen atoms in total. The fourth-order valence-corrected chi connectivity index (χ4v) is 1.59. The summed E-state index contributed by atoms with van der Waals surface area (Å²) in [6.07, 6.45) is 0. The highest BCUT2D eigenvalue weighted by Gasteiger charge is 2.13. The molecule has 0 bridgehead atoms. The highest BCUT2D eigenvalue weighted by atomic mass is 16.5. The summed E-state index contributed by atoms with van der Waals surface area (Å²) < 4.78 is 10.4. The maximum Gasteiger partial charge on any atom is 0.240 e. The van der Waals surface area contributed by atoms with E-state index in [1.807, 2.05) is 19.9 Å². The molecule has 0 radical (unpaired) electrons. The van der Waals surface area contributed by atoms with Crippen LogP contribution >= 0.6 is 0 Å². The lowest BCUT2D eigenvalue weighted by Gasteiger charge is -2.20. The lowest BCUT2D eigenvalue weighted by atomic mass is 10.2. The van der Waals surface area contributed by atoms with Crippen molar-refractivity contribution in [2.24, 2.45) is 0 Å². The van der Waals surface area contributed by atoms with E-state index >= 15 is 0 Å². The summed E-state index contributed by atoms with van der Waals surface area (Å²) in [5.41, 5.74) is 0.771. The summed E-state index contributed by atoms with van der Waals surface area (Å²) in [5, 5.41) is 3.10. The van der Waals surface area contributed by atoms with Crippen LogP contribution in [-0.4, -0.2) is 39.8 Å². The molecule has 0 aliphatic carbocycles. The predicted molar refractivity (Wildman–Crippen MR) is 76.1 cm³/mol. The van der Waals surface area contributed by atoms with Crippen molar-refractivity contribution < 1.29 is 14.3 Å². The maximum atomic E-state index is 12.0. The van der Waals surface area contributed by atoms with E-state index < -0.39 is 0 Å². The van der Waals surface area contributed by atoms with Gasteiger partial charge in [-0.1, -0.05) is 13.8 Å². The van der Waals surface area contributed by atoms with Gasteiger partial charge >= 0.3 is 0 Å². The van der Waals surface area contributed by atoms with Crippen LogP contribution in [0.1, 0.15) is 13.8 Å². The standard InChI is InChI=1S/C14H22N2O3/c1-10(2)15-9-14(17)16(3)11-6-7-12(18-4)13(8-11)19-5/h6-8,10,15H,9H2,1-5H3. The monoisotopic (exact) mass is 266 g/mol. The maximum absolute atomic E-state index is 12.0. The number of benzene rings is 1. The second-order valence-electron chi connectivity index (χ2n) is 4.53. The van der Waals surface area contributed by atoms with Crippen LogP contribution < -0.4 is 19.7 Å². The topological polar surface area (TPSA) is 50.8 Å². The fourth-order valence-electron chi connectivity index (χ4n) is 1.59. The minimum atomic E-state index is 0.000852. The smallest absolute Gasteiger partial charge is 0.240 e. The highest BCUT2D eigenvalue weighted by Crippen LogP contribution is 2.31. The first-order valence-electron chi connectivity index (χ1n) is 6.21. The second-order valence-corrected chi connectivity index (χ2v) is 4.53. The van der Waals surface area contributed by atoms with Gasteiger partial charge in [-0.05, 0) is 12.1 Å². The van der Waals surface area contributed by atoms with Crippen molar-refractivity contribution in [1.29, 1.82) is 0 Å². The van der Waals surface area contributed by atoms with E-state index in [4.69, 9.17) is 9.47 Å². The lowest BCUT2D eigenvalue weighted by Crippen LogP contribution is -2.38. The predicted octanol–water partition coefficient (Wildman–Crippen LogP) is 1.66. The number of anilines is 1. The zero-order chi connectivity index (χ0) is 14.4. The summed E-state index contributed by atoms with van der Waals surface area (Å²) >= 11 is 0. The third kappa shape index (κ3) is 4.13. The third-order valence-corrected chi connectivity index (χ3v) is 2.79. The fraction of sp³-hybridized carbons (Fsp3) is 0.500. The SMILES string of the molecule is COc1ccc(N(C)C(=O)CNC(C)C)cc1OC. The number of likely N-dealkylation sites (N-methyl/N-ethyl adjacent to an activating group) is 1. The summed E-state index contributed by atoms with van der Waals surface area (Å²) in [6, 6.07) is 5.68. The number of ether oxygens (including phenoxy) is 2. The van der Waals surface area contributed by atoms with E-state index in [1.165, 1.54) is 0 Å². The van der Waals surface area contributed by atoms with Gasteiger partial charge in [0.1, 0.15) is 0 Å². The Kier molecular flexibility index (Phi) is 5.63. The number of carbonyl (C=O) groups is 1. The van der Waals surface area contributed by atoms with Crippen LogP contribution in [0.25, 0.3) is 0 Å². The van der Waals surface area contributed by atoms with Gasteiger partial charge in [0.2, 0.25) is 5.91 Å². The van der Waals surface area contributed by atoms with Crippen LogP contribution in [0.4, 0.5) is 5.69 Å². The number of nitrogens with zero attached hydrogens (tertiary/aromatic N) is 1. The summed E-state index contributed by atoms with van der Waals surface area (Å²) in [4.78, 5) is 13.6. The molecular formula is C14H22N2O3. The van der Waals surface area contributed by atoms with Gasteiger partial charge in [0.05, 0.1) is 20.8 Å². The Morgan fingerprint density at radius 3 is 2.42 bits per heavy atom. The van der Waals surface area contributed by atoms with Crippen molar-refractivity contribution in [2.45, 2.75) is 19.9 Å². The average molecular weight is 266 g/mol. The zero-order valence-electron chi connectivity index (χ0n) is 12.2. The first-order valence-corrected chi connectivity index (χ1v) is 6.21. The molecule has 1 N–H and O–H groups in total. The Hall–Kier alpha value is -1.75. The minimum Gasteiger partial charge on any atom is -0.493 e. The molecule has 0 heterocycles. The molecule has 5 heteroatoms. The Morgan fingerprint density at radius 2 is 1.89 bits per heavy atom. The first kappa shape index (κ1) is 15.3. The van der Waals surface area contributed by atoms with Gasteiger partial charge in [-0.3, -0.25) is 4.79 Å². The average Bonchev–Trinajstić information content (AvgIpc) is 2.42. The van der Waals surface area contributed by atoms with Crippen LogP contribution in [0.3, 0.4) is 0 Å². The van der Waals surface area contributed by atoms with Crippen LogP contribution in [0.5, 0.6) is 11.5 Å². The minimum absolute atomic E-state index is 0.000852. The van der Waals surface area contributed by atoms with Crippen LogP contribution in [0.15, 0.2) is 18.2 Å². The molecule has 0 unspecified atom stereocenters. The van der Waals surface area contributed by atoms with Crippen molar-refractivity contribution in [3.05, 3.63) is 18.2 Å². The van der Waals surface area contributed by atoms with Crippen molar-refractivity contribution >= 4 is 11.6 Å². The molecule has 0 fully saturated rings. The van der Waals surface area contributed by atoms with Gasteiger partial charge in [0.15, 0.2) is 11.5 Å². The molecule has 0 saturated carbocycles. The van der Waals surface area contributed by atoms with Gasteiger partial charge in [-0.15, -0.1) is 0 Å². The van der Waals surface area contributed by atoms with Crippen LogP contribution in [0.2, 0.25) is 0 Å². The molecule has 1 amide bonds. The molecule has 0 aliphatic rings. The summed E-state index contributed by atoms with van der Waals surface area (Å²) in [6.45, 7) is 4.32. The molecule has 1 aromatic carbocycles. The van der Waals surface area contributed by atoms with Crippen LogP contribution in [0, 0.1) is 0 Å². The molecule has 19 heavy (non-hydrogen) atoms. The van der Waals surface area contributed by atoms with Gasteiger partial charge in [-0.25, -0.2) is 0 Å². The Labute approximate surface area is 114 Å². The van der Waals surface area contributed by atoms with E-state index in [1.54, 1.807) is 38.3 Å². The highest BCUT2D eigenvalue weighted by molar-refractivity contribution is 5.94. The molecule has 0 aliphatic heterocycles. The number of amides is 1. The Balaban J connectivity index is 2.81. The van der Waals surface area contributed by atoms with Crippen LogP contribution in [-0.2, 0) is 4.79 Å². The first-order chi connectivity index (χ1) is 8.99. The normalized spacial score (nSPS) is 10.4. The number of carbonyl (C=O) groups excluding carboxylic acids is 1. The molecule has 1 rings (SSSR count). The van der Waals surface area contributed by atoms with E-state index in [0.717, 1.165) is 5.69 Å². The van der Waals surface area contributed by atoms with Crippen molar-refractivity contribution in [3.63, 3.8) is 0 Å². The van der Waals surface area contributed by atoms with Crippen molar-refractivity contribution in [1.82, 2.24) is 5.32 Å². The largest absolute Gasteiger partial charge is 0.493 e. The molecule has 0 atom stereocenters. The molecule has 106 valence electrons. The third-order valence-electron chi connectivity index (χ3n) is 2.79. The summed E-state index contributed by atoms with van der Waals surface area (Å²) in [5.74, 6) is 1.25. The number of hydrogen-bond donors (Lipinski definition) is 1. The van der Waals surface area contributed by atoms with E-state index in [-0.39, 0.29) is 11.9 Å². The number of hydrogen-bond acceptors (Lipinski definition) is 4. The zero-order valence-corrected chi connectivity index (χ0v) is 12.2. The second kappa shape index (κ2) is 6.99. The van der Waals surface area contributed by atoms with E-state index in [9.17, 15) is 4.79 Å². The molecule has 0 spiro atoms. The van der Waals surface area contributed by atoms with Gasteiger partial charge in [0, 0.05) is 24.8 Å². The van der Waals surface area contributed by atoms with Crippen molar-refractivity contribution in [3.8, 4) is 11.5 Å². The van der Waals surface area contributed by atoms with Gasteiger partial charge in [-0.2, -0.15) is 0 Å². The van der Waals surface area contributed by atoms with E-state index in [0.29, 0.717) is 18.0 Å². The number of methoxy groups -OCH3 is 2. The van der Waals surface area contributed by atoms with Crippen molar-refractivity contribution in [2.75, 3.05) is 32.7 Å². The molecule has 0 saturated heterocycles. The summed E-state index contributed by atoms with van der Waals surface area (Å²) in [7, 11) is 4.90. The Morgan fingerprint density at radius 1 is 1.26 bits per heavy atom. The molecule has 1 aromatic rings. The number of rotatable bonds is 6. The molecular weight excluding hydrogens is 244 g/mol. The van der Waals surface area contributed by atoms with E-state index in [2.05, 4.69) is 5.32 Å².